The van der Waals surface area contributed by atoms with Gasteiger partial charge in [-0.2, -0.15) is 5.11 Å². The van der Waals surface area contributed by atoms with Crippen molar-refractivity contribution in [3.05, 3.63) is 59.4 Å². The highest BCUT2D eigenvalue weighted by molar-refractivity contribution is 6.25. The van der Waals surface area contributed by atoms with Crippen molar-refractivity contribution in [3.8, 4) is 0 Å². The van der Waals surface area contributed by atoms with Gasteiger partial charge in [0, 0.05) is 5.69 Å². The molecular formula is C20H18FN5O3. The largest absolute Gasteiger partial charge is 0.324 e. The molecule has 148 valence electrons. The molecule has 0 aliphatic carbocycles. The number of hydrogen-bond acceptors (Lipinski definition) is 6. The maximum absolute atomic E-state index is 13.2. The zero-order valence-electron chi connectivity index (χ0n) is 15.8. The smallest absolute Gasteiger partial charge is 0.263 e. The number of nitrogens with one attached hydrogen (secondary N) is 1. The number of rotatable bonds is 4. The molecule has 2 aliphatic rings. The van der Waals surface area contributed by atoms with E-state index in [1.54, 1.807) is 6.07 Å². The van der Waals surface area contributed by atoms with Gasteiger partial charge in [-0.1, -0.05) is 17.4 Å². The molecule has 29 heavy (non-hydrogen) atoms. The molecule has 1 saturated heterocycles. The molecule has 2 aromatic rings. The van der Waals surface area contributed by atoms with Gasteiger partial charge in [0.05, 0.1) is 5.69 Å². The molecular weight excluding hydrogens is 377 g/mol. The van der Waals surface area contributed by atoms with Crippen LogP contribution in [0.4, 0.5) is 15.8 Å². The number of fused-ring (bicyclic) bond motifs is 1. The third-order valence-corrected chi connectivity index (χ3v) is 5.13. The topological polar surface area (TPSA) is 94.4 Å². The van der Waals surface area contributed by atoms with E-state index in [2.05, 4.69) is 15.7 Å². The lowest BCUT2D eigenvalue weighted by molar-refractivity contribution is -0.123. The zero-order chi connectivity index (χ0) is 20.7. The Morgan fingerprint density at radius 1 is 1.10 bits per heavy atom. The summed E-state index contributed by atoms with van der Waals surface area (Å²) in [6, 6.07) is 8.59. The highest BCUT2D eigenvalue weighted by Gasteiger charge is 2.55. The number of benzene rings is 2. The molecule has 1 N–H and O–H groups in total. The number of carbonyl (C=O) groups excluding carboxylic acids is 3. The number of halogens is 1. The van der Waals surface area contributed by atoms with Crippen molar-refractivity contribution in [1.29, 1.82) is 0 Å². The summed E-state index contributed by atoms with van der Waals surface area (Å²) in [5, 5.41) is 11.8. The highest BCUT2D eigenvalue weighted by atomic mass is 19.1. The number of hydrogen-bond donors (Lipinski definition) is 1. The predicted octanol–water partition coefficient (Wildman–Crippen LogP) is 2.37. The van der Waals surface area contributed by atoms with Crippen LogP contribution in [0.2, 0.25) is 0 Å². The van der Waals surface area contributed by atoms with E-state index in [-0.39, 0.29) is 18.1 Å². The third-order valence-electron chi connectivity index (χ3n) is 5.13. The Bertz CT molecular complexity index is 1040. The highest BCUT2D eigenvalue weighted by Crippen LogP contribution is 2.31. The second-order valence-corrected chi connectivity index (χ2v) is 6.98. The van der Waals surface area contributed by atoms with E-state index in [0.717, 1.165) is 16.0 Å². The van der Waals surface area contributed by atoms with Crippen LogP contribution in [-0.4, -0.2) is 41.4 Å². The molecule has 0 spiro atoms. The number of aryl methyl sites for hydroxylation is 1. The molecule has 0 saturated carbocycles. The first-order valence-corrected chi connectivity index (χ1v) is 9.03. The predicted molar refractivity (Wildman–Crippen MR) is 103 cm³/mol. The maximum Gasteiger partial charge on any atom is 0.263 e. The van der Waals surface area contributed by atoms with Crippen molar-refractivity contribution in [3.63, 3.8) is 0 Å². The minimum atomic E-state index is -1.01. The van der Waals surface area contributed by atoms with Gasteiger partial charge >= 0.3 is 0 Å². The number of carbonyl (C=O) groups is 3. The Kier molecular flexibility index (Phi) is 4.57. The van der Waals surface area contributed by atoms with Crippen molar-refractivity contribution in [2.24, 2.45) is 10.3 Å². The van der Waals surface area contributed by atoms with Crippen LogP contribution in [0.3, 0.4) is 0 Å². The lowest BCUT2D eigenvalue weighted by Crippen LogP contribution is -2.43. The number of anilines is 2. The van der Waals surface area contributed by atoms with E-state index in [0.29, 0.717) is 5.69 Å². The van der Waals surface area contributed by atoms with Gasteiger partial charge < -0.3 is 5.32 Å². The van der Waals surface area contributed by atoms with Gasteiger partial charge in [-0.25, -0.2) is 9.29 Å². The van der Waals surface area contributed by atoms with Crippen LogP contribution in [0.1, 0.15) is 11.1 Å². The van der Waals surface area contributed by atoms with E-state index >= 15 is 0 Å². The van der Waals surface area contributed by atoms with E-state index in [4.69, 9.17) is 0 Å². The quantitative estimate of drug-likeness (QED) is 0.804. The molecule has 2 aliphatic heterocycles. The average Bonchev–Trinajstić information content (AvgIpc) is 3.20. The Balaban J connectivity index is 1.49. The number of imide groups is 1. The lowest BCUT2D eigenvalue weighted by Gasteiger charge is -2.20. The lowest BCUT2D eigenvalue weighted by atomic mass is 10.1. The van der Waals surface area contributed by atoms with Gasteiger partial charge in [0.1, 0.15) is 12.4 Å². The summed E-state index contributed by atoms with van der Waals surface area (Å²) in [5.41, 5.74) is 2.90. The molecule has 1 fully saturated rings. The Morgan fingerprint density at radius 2 is 1.83 bits per heavy atom. The molecule has 2 aromatic carbocycles. The van der Waals surface area contributed by atoms with Crippen LogP contribution in [0, 0.1) is 19.7 Å². The van der Waals surface area contributed by atoms with Gasteiger partial charge in [0.25, 0.3) is 11.8 Å². The number of nitrogens with zero attached hydrogens (tertiary/aromatic N) is 4. The third kappa shape index (κ3) is 3.24. The van der Waals surface area contributed by atoms with Crippen LogP contribution < -0.4 is 10.2 Å². The standard InChI is InChI=1S/C20H18FN5O3/c1-11-4-3-5-15(12(11)2)22-16(27)10-25-18-17(23-24-25)19(28)26(20(18)29)14-8-6-13(21)7-9-14/h3-9,17-18H,10H2,1-2H3,(H,22,27)/t17-,18+/m1/s1. The fourth-order valence-corrected chi connectivity index (χ4v) is 3.42. The molecule has 2 heterocycles. The van der Waals surface area contributed by atoms with E-state index in [9.17, 15) is 18.8 Å². The minimum Gasteiger partial charge on any atom is -0.324 e. The van der Waals surface area contributed by atoms with Crippen molar-refractivity contribution >= 4 is 29.1 Å². The molecule has 0 unspecified atom stereocenters. The van der Waals surface area contributed by atoms with Gasteiger partial charge in [0.15, 0.2) is 12.1 Å². The van der Waals surface area contributed by atoms with E-state index < -0.39 is 29.7 Å². The van der Waals surface area contributed by atoms with Crippen molar-refractivity contribution < 1.29 is 18.8 Å². The molecule has 9 heteroatoms. The van der Waals surface area contributed by atoms with E-state index in [1.165, 1.54) is 29.3 Å². The fourth-order valence-electron chi connectivity index (χ4n) is 3.42. The monoisotopic (exact) mass is 395 g/mol. The molecule has 0 bridgehead atoms. The molecule has 4 rings (SSSR count). The second kappa shape index (κ2) is 7.08. The summed E-state index contributed by atoms with van der Waals surface area (Å²) in [5.74, 6) is -1.94. The van der Waals surface area contributed by atoms with Crippen molar-refractivity contribution in [1.82, 2.24) is 5.01 Å². The van der Waals surface area contributed by atoms with Crippen molar-refractivity contribution in [2.75, 3.05) is 16.8 Å². The van der Waals surface area contributed by atoms with Crippen LogP contribution in [-0.2, 0) is 14.4 Å². The Labute approximate surface area is 166 Å². The summed E-state index contributed by atoms with van der Waals surface area (Å²) in [6.07, 6.45) is 0. The summed E-state index contributed by atoms with van der Waals surface area (Å²) in [7, 11) is 0. The molecule has 0 aromatic heterocycles. The van der Waals surface area contributed by atoms with Crippen LogP contribution in [0.5, 0.6) is 0 Å². The Hall–Kier alpha value is -3.62. The van der Waals surface area contributed by atoms with Gasteiger partial charge in [-0.05, 0) is 55.3 Å². The normalized spacial score (nSPS) is 20.4. The van der Waals surface area contributed by atoms with Crippen LogP contribution in [0.15, 0.2) is 52.8 Å². The van der Waals surface area contributed by atoms with E-state index in [1.807, 2.05) is 26.0 Å². The summed E-state index contributed by atoms with van der Waals surface area (Å²) < 4.78 is 13.2. The summed E-state index contributed by atoms with van der Waals surface area (Å²) in [6.45, 7) is 3.61. The summed E-state index contributed by atoms with van der Waals surface area (Å²) in [4.78, 5) is 38.9. The second-order valence-electron chi connectivity index (χ2n) is 6.98. The maximum atomic E-state index is 13.2. The van der Waals surface area contributed by atoms with Crippen LogP contribution in [0.25, 0.3) is 0 Å². The van der Waals surface area contributed by atoms with Crippen LogP contribution >= 0.6 is 0 Å². The SMILES string of the molecule is Cc1cccc(NC(=O)CN2N=N[C@H]3C(=O)N(c4ccc(F)cc4)C(=O)[C@H]32)c1C. The van der Waals surface area contributed by atoms with Gasteiger partial charge in [-0.3, -0.25) is 19.4 Å². The first-order chi connectivity index (χ1) is 13.9. The molecule has 2 atom stereocenters. The first-order valence-electron chi connectivity index (χ1n) is 9.03. The van der Waals surface area contributed by atoms with Crippen molar-refractivity contribution in [2.45, 2.75) is 25.9 Å². The average molecular weight is 395 g/mol. The van der Waals surface area contributed by atoms with Gasteiger partial charge in [-0.15, -0.1) is 0 Å². The number of amides is 3. The Morgan fingerprint density at radius 3 is 2.55 bits per heavy atom. The summed E-state index contributed by atoms with van der Waals surface area (Å²) >= 11 is 0. The molecule has 3 amide bonds. The molecule has 0 radical (unpaired) electrons. The fraction of sp³-hybridized carbons (Fsp3) is 0.250. The minimum absolute atomic E-state index is 0.228. The first kappa shape index (κ1) is 18.7. The zero-order valence-corrected chi connectivity index (χ0v) is 15.8. The molecule has 8 nitrogen and oxygen atoms in total. The van der Waals surface area contributed by atoms with Gasteiger partial charge in [0.2, 0.25) is 5.91 Å².